The number of primary amides is 1. The van der Waals surface area contributed by atoms with Gasteiger partial charge in [-0.3, -0.25) is 4.79 Å². The van der Waals surface area contributed by atoms with Crippen molar-refractivity contribution in [3.05, 3.63) is 23.4 Å². The molecule has 2 rings (SSSR count). The molecule has 0 aliphatic heterocycles. The monoisotopic (exact) mass is 297 g/mol. The summed E-state index contributed by atoms with van der Waals surface area (Å²) >= 11 is 1.54. The second-order valence-corrected chi connectivity index (χ2v) is 5.24. The molecule has 0 radical (unpaired) electrons. The number of hydrogen-bond donors (Lipinski definition) is 2. The summed E-state index contributed by atoms with van der Waals surface area (Å²) in [6, 6.07) is 3.84. The molecule has 0 bridgehead atoms. The summed E-state index contributed by atoms with van der Waals surface area (Å²) in [5.74, 6) is 0.620. The largest absolute Gasteiger partial charge is 0.414 e. The molecule has 0 fully saturated rings. The Balaban J connectivity index is 2.00. The van der Waals surface area contributed by atoms with Gasteiger partial charge in [0.05, 0.1) is 11.5 Å². The number of carbonyl (C=O) groups excluding carboxylic acids is 1. The Morgan fingerprint density at radius 3 is 3.05 bits per heavy atom. The number of nitrogens with one attached hydrogen (secondary N) is 1. The van der Waals surface area contributed by atoms with E-state index in [4.69, 9.17) is 14.9 Å². The number of amides is 1. The molecule has 0 saturated heterocycles. The van der Waals surface area contributed by atoms with E-state index >= 15 is 0 Å². The molecule has 8 heteroatoms. The lowest BCUT2D eigenvalue weighted by atomic mass is 10.4. The van der Waals surface area contributed by atoms with Crippen molar-refractivity contribution in [3.8, 4) is 10.8 Å². The van der Waals surface area contributed by atoms with Gasteiger partial charge in [0.15, 0.2) is 13.1 Å². The maximum atomic E-state index is 11.1. The first-order valence-corrected chi connectivity index (χ1v) is 7.04. The van der Waals surface area contributed by atoms with E-state index < -0.39 is 0 Å². The van der Waals surface area contributed by atoms with Crippen molar-refractivity contribution in [3.63, 3.8) is 0 Å². The Morgan fingerprint density at radius 2 is 2.40 bits per heavy atom. The Bertz CT molecular complexity index is 541. The highest BCUT2D eigenvalue weighted by molar-refractivity contribution is 7.13. The summed E-state index contributed by atoms with van der Waals surface area (Å²) in [7, 11) is 1.61. The van der Waals surface area contributed by atoms with E-state index in [1.54, 1.807) is 7.11 Å². The molecule has 0 aromatic carbocycles. The quantitative estimate of drug-likeness (QED) is 0.673. The van der Waals surface area contributed by atoms with Crippen LogP contribution < -0.4 is 10.6 Å². The lowest BCUT2D eigenvalue weighted by Crippen LogP contribution is -3.12. The number of nitrogens with zero attached hydrogens (tertiary/aromatic N) is 2. The number of quaternary nitrogens is 1. The molecule has 1 unspecified atom stereocenters. The first-order valence-electron chi connectivity index (χ1n) is 6.16. The van der Waals surface area contributed by atoms with E-state index in [1.165, 1.54) is 11.3 Å². The smallest absolute Gasteiger partial charge is 0.272 e. The molecular weight excluding hydrogens is 280 g/mol. The predicted molar refractivity (Wildman–Crippen MR) is 73.1 cm³/mol. The van der Waals surface area contributed by atoms with Gasteiger partial charge in [0.25, 0.3) is 17.7 Å². The first-order chi connectivity index (χ1) is 9.69. The van der Waals surface area contributed by atoms with Gasteiger partial charge in [-0.2, -0.15) is 0 Å². The number of nitrogens with two attached hydrogens (primary N) is 1. The fraction of sp³-hybridized carbons (Fsp3) is 0.417. The fourth-order valence-electron chi connectivity index (χ4n) is 1.77. The SMILES string of the molecule is COCC[NH+](CC(N)=O)Cc1nnc(-c2cccs2)o1. The summed E-state index contributed by atoms with van der Waals surface area (Å²) in [6.45, 7) is 1.84. The summed E-state index contributed by atoms with van der Waals surface area (Å²) in [6.07, 6.45) is 0. The lowest BCUT2D eigenvalue weighted by Gasteiger charge is -2.15. The van der Waals surface area contributed by atoms with Crippen molar-refractivity contribution in [1.82, 2.24) is 10.2 Å². The minimum atomic E-state index is -0.367. The van der Waals surface area contributed by atoms with Crippen LogP contribution in [0.4, 0.5) is 0 Å². The van der Waals surface area contributed by atoms with Crippen molar-refractivity contribution in [2.45, 2.75) is 6.54 Å². The maximum Gasteiger partial charge on any atom is 0.272 e. The van der Waals surface area contributed by atoms with Gasteiger partial charge in [-0.15, -0.1) is 21.5 Å². The number of rotatable bonds is 8. The second-order valence-electron chi connectivity index (χ2n) is 4.29. The molecular formula is C12H17N4O3S+. The molecule has 0 aliphatic carbocycles. The average molecular weight is 297 g/mol. The Hall–Kier alpha value is -1.77. The molecule has 3 N–H and O–H groups in total. The molecule has 1 amide bonds. The normalized spacial score (nSPS) is 12.4. The predicted octanol–water partition coefficient (Wildman–Crippen LogP) is -0.685. The Morgan fingerprint density at radius 1 is 1.55 bits per heavy atom. The Kier molecular flexibility index (Phi) is 5.22. The highest BCUT2D eigenvalue weighted by Crippen LogP contribution is 2.22. The molecule has 0 saturated carbocycles. The molecule has 7 nitrogen and oxygen atoms in total. The van der Waals surface area contributed by atoms with Gasteiger partial charge in [0, 0.05) is 7.11 Å². The van der Waals surface area contributed by atoms with Crippen molar-refractivity contribution < 1.29 is 18.8 Å². The van der Waals surface area contributed by atoms with Crippen molar-refractivity contribution in [2.24, 2.45) is 5.73 Å². The minimum Gasteiger partial charge on any atom is -0.414 e. The summed E-state index contributed by atoms with van der Waals surface area (Å²) in [5, 5.41) is 9.95. The maximum absolute atomic E-state index is 11.1. The lowest BCUT2D eigenvalue weighted by molar-refractivity contribution is -0.907. The fourth-order valence-corrected chi connectivity index (χ4v) is 2.41. The molecule has 0 spiro atoms. The topological polar surface area (TPSA) is 95.7 Å². The minimum absolute atomic E-state index is 0.208. The molecule has 20 heavy (non-hydrogen) atoms. The summed E-state index contributed by atoms with van der Waals surface area (Å²) < 4.78 is 10.6. The second kappa shape index (κ2) is 7.13. The zero-order valence-corrected chi connectivity index (χ0v) is 12.0. The molecule has 1 atom stereocenters. The van der Waals surface area contributed by atoms with Crippen LogP contribution in [-0.4, -0.2) is 42.9 Å². The standard InChI is InChI=1S/C12H16N4O3S/c1-18-5-4-16(7-10(13)17)8-11-14-15-12(19-11)9-3-2-6-20-9/h2-3,6H,4-5,7-8H2,1H3,(H2,13,17)/p+1. The first kappa shape index (κ1) is 14.6. The summed E-state index contributed by atoms with van der Waals surface area (Å²) in [4.78, 5) is 12.9. The molecule has 2 heterocycles. The third-order valence-corrected chi connectivity index (χ3v) is 3.54. The van der Waals surface area contributed by atoms with Gasteiger partial charge < -0.3 is 19.8 Å². The number of carbonyl (C=O) groups is 1. The van der Waals surface area contributed by atoms with E-state index in [2.05, 4.69) is 10.2 Å². The zero-order chi connectivity index (χ0) is 14.4. The van der Waals surface area contributed by atoms with E-state index in [0.29, 0.717) is 31.5 Å². The van der Waals surface area contributed by atoms with Crippen molar-refractivity contribution in [1.29, 1.82) is 0 Å². The highest BCUT2D eigenvalue weighted by atomic mass is 32.1. The van der Waals surface area contributed by atoms with Crippen LogP contribution in [0.2, 0.25) is 0 Å². The van der Waals surface area contributed by atoms with Crippen molar-refractivity contribution in [2.75, 3.05) is 26.8 Å². The van der Waals surface area contributed by atoms with Gasteiger partial charge in [-0.1, -0.05) is 6.07 Å². The Labute approximate surface area is 120 Å². The van der Waals surface area contributed by atoms with Crippen LogP contribution in [0.15, 0.2) is 21.9 Å². The van der Waals surface area contributed by atoms with Crippen LogP contribution >= 0.6 is 11.3 Å². The molecule has 2 aromatic rings. The van der Waals surface area contributed by atoms with Crippen LogP contribution in [0.25, 0.3) is 10.8 Å². The number of aromatic nitrogens is 2. The van der Waals surface area contributed by atoms with Gasteiger partial charge in [-0.05, 0) is 11.4 Å². The number of hydrogen-bond acceptors (Lipinski definition) is 6. The van der Waals surface area contributed by atoms with Gasteiger partial charge in [0.1, 0.15) is 6.54 Å². The summed E-state index contributed by atoms with van der Waals surface area (Å²) in [5.41, 5.74) is 5.24. The van der Waals surface area contributed by atoms with Crippen LogP contribution in [0.3, 0.4) is 0 Å². The van der Waals surface area contributed by atoms with Gasteiger partial charge in [-0.25, -0.2) is 0 Å². The van der Waals surface area contributed by atoms with E-state index in [-0.39, 0.29) is 12.5 Å². The third-order valence-electron chi connectivity index (χ3n) is 2.68. The third kappa shape index (κ3) is 4.12. The number of ether oxygens (including phenoxy) is 1. The van der Waals surface area contributed by atoms with Crippen molar-refractivity contribution >= 4 is 17.2 Å². The van der Waals surface area contributed by atoms with Crippen LogP contribution in [0.1, 0.15) is 5.89 Å². The molecule has 0 aliphatic rings. The van der Waals surface area contributed by atoms with Gasteiger partial charge >= 0.3 is 0 Å². The zero-order valence-electron chi connectivity index (χ0n) is 11.2. The molecule has 108 valence electrons. The highest BCUT2D eigenvalue weighted by Gasteiger charge is 2.17. The average Bonchev–Trinajstić information content (AvgIpc) is 3.05. The van der Waals surface area contributed by atoms with E-state index in [9.17, 15) is 4.79 Å². The van der Waals surface area contributed by atoms with Crippen LogP contribution in [-0.2, 0) is 16.1 Å². The van der Waals surface area contributed by atoms with Gasteiger partial charge in [0.2, 0.25) is 0 Å². The van der Waals surface area contributed by atoms with E-state index in [0.717, 1.165) is 9.78 Å². The van der Waals surface area contributed by atoms with E-state index in [1.807, 2.05) is 17.5 Å². The number of thiophene rings is 1. The molecule has 2 aromatic heterocycles. The van der Waals surface area contributed by atoms with Crippen LogP contribution in [0, 0.1) is 0 Å². The van der Waals surface area contributed by atoms with Crippen LogP contribution in [0.5, 0.6) is 0 Å². The number of methoxy groups -OCH3 is 1.